The van der Waals surface area contributed by atoms with Crippen molar-refractivity contribution in [3.63, 3.8) is 0 Å². The largest absolute Gasteiger partial charge is 0.507 e. The van der Waals surface area contributed by atoms with Gasteiger partial charge in [-0.3, -0.25) is 29.2 Å². The highest BCUT2D eigenvalue weighted by molar-refractivity contribution is 7.99. The number of ether oxygens (including phenoxy) is 7. The molecule has 2 aliphatic carbocycles. The zero-order valence-corrected chi connectivity index (χ0v) is 68.5. The molecule has 115 heavy (non-hydrogen) atoms. The lowest BCUT2D eigenvalue weighted by Gasteiger charge is -2.59. The van der Waals surface area contributed by atoms with Crippen LogP contribution in [0, 0.1) is 76.0 Å². The van der Waals surface area contributed by atoms with E-state index in [2.05, 4.69) is 168 Å². The lowest BCUT2D eigenvalue weighted by molar-refractivity contribution is -0.152. The highest BCUT2D eigenvalue weighted by Gasteiger charge is 2.59. The summed E-state index contributed by atoms with van der Waals surface area (Å²) >= 11 is 3.51. The van der Waals surface area contributed by atoms with E-state index in [1.165, 1.54) is 44.5 Å². The Morgan fingerprint density at radius 1 is 0.548 bits per heavy atom. The number of aliphatic hydroxyl groups is 1. The summed E-state index contributed by atoms with van der Waals surface area (Å²) in [6.45, 7) is 23.9. The Balaban J connectivity index is 0.000000146. The summed E-state index contributed by atoms with van der Waals surface area (Å²) in [6, 6.07) is 40.9. The number of aliphatic carboxylic acids is 1. The Morgan fingerprint density at radius 2 is 0.930 bits per heavy atom. The van der Waals surface area contributed by atoms with Gasteiger partial charge >= 0.3 is 11.9 Å². The highest BCUT2D eigenvalue weighted by atomic mass is 32.2. The third-order valence-corrected chi connectivity index (χ3v) is 28.8. The van der Waals surface area contributed by atoms with E-state index in [1.54, 1.807) is 42.6 Å². The molecule has 10 aliphatic rings. The molecule has 19 nitrogen and oxygen atoms in total. The molecular formula is C94H100N6O13S2. The number of fused-ring (bicyclic) bond motifs is 24. The first kappa shape index (κ1) is 78.9. The van der Waals surface area contributed by atoms with Crippen LogP contribution in [0.5, 0.6) is 46.0 Å². The fourth-order valence-electron chi connectivity index (χ4n) is 20.4. The molecule has 12 atom stereocenters. The number of aromatic hydroxyl groups is 2. The standard InChI is InChI=1S/C47H49N3O6S.C29H33N3O5.C18H18O2S/c1-7-16-53-44-28(5)45-46(56-24-55-45)41-34(44)19-37-42-40-29(17-25(2)27(4)43(40)51)18-36(49(42)6)38(20-48)50(37)39(41)21-54-47(52)26(3)22-57-23-35-32-14-10-8-12-30(32)31-13-9-11-15-33(31)35;1-6-7-35-27-16(4)28-29(37-13-36-28)24-18(27)10-20-25-23-17(8-14(2)15(3)26(23)34)9-19(31(25)5)21(11-30)32(20)22(24)12-33;1-12(18(19)20)10-21-11-17-15-8-4-2-6-13(15)14-7-3-5-9-16(14)17/h7-15,17,26,35-39,42,51H,1,16,18-19,21-24H2,2-6H3;6,8,19-22,25,33-34H,1,7,9-10,12-13H2,2-5H3;2-9,12,17H,10-11H2,1H3,(H,19,20)/t26-,36+,37?,38+,39+,42+;19-,20?,21-,22-,25-;12-/m101/s1. The molecule has 2 fully saturated rings. The SMILES string of the molecule is C=CCOc1c(C)c2c(c3c1CC1[C@H]4c5c(cc(C)c(C)c5O)C[C@@H]([C@H](C#N)N1[C@H]3CO)N4C)OCO2.C=CCOc1c(C)c2c(c3c1CC1[C@H]4c5c(cc(C)c(C)c5O)C[C@@H]([C@H](C#N)N1[C@H]3COC(=O)[C@H](C)CSCC1c3ccccc3-c3ccccc31)N4C)OCO2.C[C@H](CSCC1c2ccccc2-c2ccccc21)C(=O)O. The summed E-state index contributed by atoms with van der Waals surface area (Å²) in [6.07, 6.45) is 5.79. The van der Waals surface area contributed by atoms with Gasteiger partial charge in [-0.15, -0.1) is 0 Å². The number of rotatable bonds is 19. The molecule has 8 aromatic rings. The van der Waals surface area contributed by atoms with Crippen molar-refractivity contribution in [3.8, 4) is 80.4 Å². The number of phenols is 2. The zero-order chi connectivity index (χ0) is 80.7. The molecule has 18 rings (SSSR count). The van der Waals surface area contributed by atoms with Gasteiger partial charge in [-0.1, -0.05) is 148 Å². The Kier molecular flexibility index (Phi) is 22.1. The smallest absolute Gasteiger partial charge is 0.309 e. The lowest BCUT2D eigenvalue weighted by Crippen LogP contribution is -2.68. The molecule has 8 heterocycles. The molecule has 0 saturated carbocycles. The molecule has 2 saturated heterocycles. The van der Waals surface area contributed by atoms with Crippen LogP contribution in [0.1, 0.15) is 150 Å². The average molecular weight is 1590 g/mol. The topological polar surface area (TPSA) is 240 Å². The predicted molar refractivity (Wildman–Crippen MR) is 446 cm³/mol. The quantitative estimate of drug-likeness (QED) is 0.0434. The molecule has 4 N–H and O–H groups in total. The summed E-state index contributed by atoms with van der Waals surface area (Å²) in [7, 11) is 4.12. The molecule has 0 aromatic heterocycles. The molecule has 0 radical (unpaired) electrons. The number of esters is 1. The number of hydrogen-bond acceptors (Lipinski definition) is 20. The van der Waals surface area contributed by atoms with E-state index >= 15 is 0 Å². The molecule has 8 aliphatic heterocycles. The number of hydrogen-bond donors (Lipinski definition) is 4. The van der Waals surface area contributed by atoms with Crippen molar-refractivity contribution in [3.05, 3.63) is 235 Å². The van der Waals surface area contributed by atoms with Gasteiger partial charge in [-0.05, 0) is 159 Å². The number of carboxylic acid groups (broad SMARTS) is 1. The number of carboxylic acids is 1. The monoisotopic (exact) mass is 1580 g/mol. The molecular weight excluding hydrogens is 1490 g/mol. The van der Waals surface area contributed by atoms with E-state index in [-0.39, 0.29) is 86.8 Å². The van der Waals surface area contributed by atoms with Crippen molar-refractivity contribution in [1.29, 1.82) is 10.5 Å². The Morgan fingerprint density at radius 3 is 1.32 bits per heavy atom. The summed E-state index contributed by atoms with van der Waals surface area (Å²) in [5.74, 6) is 6.63. The first-order valence-corrected chi connectivity index (χ1v) is 42.3. The van der Waals surface area contributed by atoms with Crippen molar-refractivity contribution >= 4 is 35.5 Å². The van der Waals surface area contributed by atoms with E-state index < -0.39 is 30.1 Å². The normalized spacial score (nSPS) is 23.1. The van der Waals surface area contributed by atoms with Gasteiger partial charge in [0.05, 0.1) is 54.7 Å². The van der Waals surface area contributed by atoms with E-state index in [9.17, 15) is 35.4 Å². The van der Waals surface area contributed by atoms with Crippen LogP contribution in [-0.2, 0) is 40.0 Å². The third-order valence-electron chi connectivity index (χ3n) is 26.2. The van der Waals surface area contributed by atoms with Gasteiger partial charge in [0.25, 0.3) is 0 Å². The molecule has 8 aromatic carbocycles. The maximum absolute atomic E-state index is 14.0. The minimum absolute atomic E-state index is 0.0214. The minimum atomic E-state index is -0.713. The minimum Gasteiger partial charge on any atom is -0.507 e. The molecule has 4 bridgehead atoms. The highest BCUT2D eigenvalue weighted by Crippen LogP contribution is 2.61. The zero-order valence-electron chi connectivity index (χ0n) is 66.9. The van der Waals surface area contributed by atoms with Crippen LogP contribution in [0.4, 0.5) is 0 Å². The first-order valence-electron chi connectivity index (χ1n) is 40.0. The van der Waals surface area contributed by atoms with E-state index in [0.29, 0.717) is 96.6 Å². The van der Waals surface area contributed by atoms with Gasteiger partial charge in [0.1, 0.15) is 54.9 Å². The fraction of sp³-hybridized carbons (Fsp3) is 0.404. The summed E-state index contributed by atoms with van der Waals surface area (Å²) in [4.78, 5) is 33.9. The van der Waals surface area contributed by atoms with Crippen LogP contribution in [0.2, 0.25) is 0 Å². The van der Waals surface area contributed by atoms with Crippen molar-refractivity contribution in [2.45, 2.75) is 153 Å². The molecule has 596 valence electrons. The molecule has 21 heteroatoms. The maximum atomic E-state index is 14.0. The van der Waals surface area contributed by atoms with Crippen LogP contribution in [0.25, 0.3) is 22.3 Å². The van der Waals surface area contributed by atoms with Gasteiger partial charge < -0.3 is 53.6 Å². The summed E-state index contributed by atoms with van der Waals surface area (Å²) in [5.41, 5.74) is 23.8. The fourth-order valence-corrected chi connectivity index (χ4v) is 22.9. The number of carbonyl (C=O) groups is 2. The molecule has 2 unspecified atom stereocenters. The van der Waals surface area contributed by atoms with Crippen LogP contribution in [0.15, 0.2) is 135 Å². The maximum Gasteiger partial charge on any atom is 0.309 e. The first-order chi connectivity index (χ1) is 55.7. The third kappa shape index (κ3) is 13.3. The van der Waals surface area contributed by atoms with Crippen LogP contribution < -0.4 is 28.4 Å². The second-order valence-corrected chi connectivity index (χ2v) is 34.5. The number of nitriles is 2. The number of aliphatic hydroxyl groups excluding tert-OH is 1. The molecule has 0 amide bonds. The number of aryl methyl sites for hydroxylation is 2. The predicted octanol–water partition coefficient (Wildman–Crippen LogP) is 15.7. The number of piperazine rings is 2. The van der Waals surface area contributed by atoms with Gasteiger partial charge in [0.2, 0.25) is 13.6 Å². The Hall–Kier alpha value is -9.94. The van der Waals surface area contributed by atoms with Crippen LogP contribution in [0.3, 0.4) is 0 Å². The number of thioether (sulfide) groups is 2. The van der Waals surface area contributed by atoms with Crippen LogP contribution >= 0.6 is 23.5 Å². The number of likely N-dealkylation sites (N-methyl/N-ethyl adjacent to an activating group) is 2. The number of nitrogens with zero attached hydrogens (tertiary/aromatic N) is 6. The second-order valence-electron chi connectivity index (χ2n) is 32.4. The Labute approximate surface area is 682 Å². The second kappa shape index (κ2) is 32.3. The van der Waals surface area contributed by atoms with Gasteiger partial charge in [-0.2, -0.15) is 34.0 Å². The van der Waals surface area contributed by atoms with Crippen LogP contribution in [-0.4, -0.2) is 165 Å². The van der Waals surface area contributed by atoms with E-state index in [1.807, 2.05) is 48.5 Å². The van der Waals surface area contributed by atoms with Gasteiger partial charge in [0.15, 0.2) is 23.0 Å². The van der Waals surface area contributed by atoms with E-state index in [0.717, 1.165) is 95.1 Å². The summed E-state index contributed by atoms with van der Waals surface area (Å²) < 4.78 is 43.1. The number of phenolic OH excluding ortho intramolecular Hbond substituents is 2. The van der Waals surface area contributed by atoms with Gasteiger partial charge in [0, 0.05) is 104 Å². The number of benzene rings is 8. The molecule has 0 spiro atoms. The van der Waals surface area contributed by atoms with Crippen molar-refractivity contribution < 1.29 is 63.2 Å². The number of carbonyl (C=O) groups excluding carboxylic acids is 1. The van der Waals surface area contributed by atoms with Crippen molar-refractivity contribution in [2.75, 3.05) is 77.1 Å². The van der Waals surface area contributed by atoms with E-state index in [4.69, 9.17) is 38.3 Å². The Bertz CT molecular complexity index is 5210. The van der Waals surface area contributed by atoms with Crippen molar-refractivity contribution in [2.24, 2.45) is 11.8 Å². The van der Waals surface area contributed by atoms with Gasteiger partial charge in [-0.25, -0.2) is 0 Å². The lowest BCUT2D eigenvalue weighted by atomic mass is 9.71. The summed E-state index contributed by atoms with van der Waals surface area (Å²) in [5, 5.41) is 64.5. The van der Waals surface area contributed by atoms with Crippen molar-refractivity contribution in [1.82, 2.24) is 19.6 Å². The average Bonchev–Trinajstić information content (AvgIpc) is 1.16.